The van der Waals surface area contributed by atoms with Gasteiger partial charge in [0, 0.05) is 22.2 Å². The molecular weight excluding hydrogens is 739 g/mol. The Morgan fingerprint density at radius 2 is 0.656 bits per heavy atom. The summed E-state index contributed by atoms with van der Waals surface area (Å²) >= 11 is 0. The molecule has 0 aliphatic heterocycles. The second kappa shape index (κ2) is 15.6. The molecule has 0 amide bonds. The lowest BCUT2D eigenvalue weighted by molar-refractivity contribution is 1.11. The Morgan fingerprint density at radius 3 is 1.18 bits per heavy atom. The zero-order valence-electron chi connectivity index (χ0n) is 33.4. The van der Waals surface area contributed by atoms with E-state index in [9.17, 15) is 0 Å². The summed E-state index contributed by atoms with van der Waals surface area (Å²) in [5.41, 5.74) is 17.5. The molecule has 0 aliphatic rings. The number of hydrogen-bond acceptors (Lipinski definition) is 2. The normalized spacial score (nSPS) is 11.3. The van der Waals surface area contributed by atoms with Crippen molar-refractivity contribution in [1.29, 1.82) is 0 Å². The average Bonchev–Trinajstić information content (AvgIpc) is 3.69. The molecule has 9 aromatic carbocycles. The number of fused-ring (bicyclic) bond motifs is 3. The first-order valence-corrected chi connectivity index (χ1v) is 20.7. The van der Waals surface area contributed by atoms with Crippen LogP contribution in [0, 0.1) is 0 Å². The molecule has 11 aromatic rings. The first kappa shape index (κ1) is 36.0. The third-order valence-corrected chi connectivity index (χ3v) is 11.6. The van der Waals surface area contributed by atoms with E-state index in [2.05, 4.69) is 241 Å². The van der Waals surface area contributed by atoms with Crippen molar-refractivity contribution in [2.75, 3.05) is 0 Å². The number of para-hydroxylation sites is 2. The summed E-state index contributed by atoms with van der Waals surface area (Å²) in [6, 6.07) is 84.2. The van der Waals surface area contributed by atoms with Gasteiger partial charge >= 0.3 is 0 Å². The van der Waals surface area contributed by atoms with Crippen LogP contribution in [0.3, 0.4) is 0 Å². The number of aromatic nitrogens is 3. The van der Waals surface area contributed by atoms with E-state index in [1.165, 1.54) is 22.3 Å². The smallest absolute Gasteiger partial charge is 0.162 e. The van der Waals surface area contributed by atoms with Crippen molar-refractivity contribution in [2.45, 2.75) is 0 Å². The highest BCUT2D eigenvalue weighted by Gasteiger charge is 2.21. The zero-order valence-corrected chi connectivity index (χ0v) is 33.4. The van der Waals surface area contributed by atoms with Gasteiger partial charge in [-0.05, 0) is 110 Å². The van der Waals surface area contributed by atoms with Crippen LogP contribution in [0.25, 0.3) is 106 Å². The minimum atomic E-state index is 0.677. The molecule has 0 saturated heterocycles. The second-order valence-corrected chi connectivity index (χ2v) is 15.4. The van der Waals surface area contributed by atoms with Crippen LogP contribution in [-0.4, -0.2) is 14.5 Å². The van der Waals surface area contributed by atoms with E-state index in [1.807, 2.05) is 0 Å². The summed E-state index contributed by atoms with van der Waals surface area (Å²) in [7, 11) is 0. The van der Waals surface area contributed by atoms with E-state index in [0.717, 1.165) is 77.8 Å². The van der Waals surface area contributed by atoms with Crippen molar-refractivity contribution in [1.82, 2.24) is 14.5 Å². The van der Waals surface area contributed by atoms with Crippen LogP contribution in [0.2, 0.25) is 0 Å². The summed E-state index contributed by atoms with van der Waals surface area (Å²) in [4.78, 5) is 10.9. The maximum atomic E-state index is 5.44. The van der Waals surface area contributed by atoms with Crippen molar-refractivity contribution in [2.24, 2.45) is 0 Å². The molecule has 0 radical (unpaired) electrons. The Balaban J connectivity index is 1.10. The molecule has 0 unspecified atom stereocenters. The molecule has 0 N–H and O–H groups in total. The van der Waals surface area contributed by atoms with E-state index >= 15 is 0 Å². The van der Waals surface area contributed by atoms with Gasteiger partial charge in [-0.25, -0.2) is 9.97 Å². The maximum Gasteiger partial charge on any atom is 0.162 e. The molecule has 2 heterocycles. The van der Waals surface area contributed by atoms with E-state index in [0.29, 0.717) is 5.82 Å². The minimum absolute atomic E-state index is 0.677. The standard InChI is InChI=1S/C58H39N3/c1-5-18-40(19-6-1)43-24-15-26-45(34-43)49-37-50(46-27-16-25-44(35-46)41-20-7-2-8-21-41)39-51(38-49)47-28-17-29-48(36-47)57-59-56(42-22-9-3-10-23-42)55-53-32-13-14-33-54(53)61(58(55)60-57)52-30-11-4-12-31-52/h1-39H. The molecule has 2 aromatic heterocycles. The van der Waals surface area contributed by atoms with Gasteiger partial charge < -0.3 is 0 Å². The monoisotopic (exact) mass is 777 g/mol. The molecule has 0 saturated carbocycles. The fourth-order valence-electron chi connectivity index (χ4n) is 8.61. The van der Waals surface area contributed by atoms with Crippen LogP contribution in [0.15, 0.2) is 237 Å². The van der Waals surface area contributed by atoms with E-state index in [4.69, 9.17) is 9.97 Å². The molecule has 3 heteroatoms. The van der Waals surface area contributed by atoms with E-state index in [-0.39, 0.29) is 0 Å². The lowest BCUT2D eigenvalue weighted by Crippen LogP contribution is -1.99. The van der Waals surface area contributed by atoms with Gasteiger partial charge in [0.05, 0.1) is 16.6 Å². The molecule has 3 nitrogen and oxygen atoms in total. The van der Waals surface area contributed by atoms with Gasteiger partial charge in [-0.3, -0.25) is 4.57 Å². The van der Waals surface area contributed by atoms with Gasteiger partial charge in [0.25, 0.3) is 0 Å². The van der Waals surface area contributed by atoms with Gasteiger partial charge in [0.15, 0.2) is 5.82 Å². The van der Waals surface area contributed by atoms with Crippen molar-refractivity contribution in [3.8, 4) is 84.0 Å². The molecule has 11 rings (SSSR count). The Labute approximate surface area is 355 Å². The fraction of sp³-hybridized carbons (Fsp3) is 0. The Morgan fingerprint density at radius 1 is 0.279 bits per heavy atom. The van der Waals surface area contributed by atoms with Crippen molar-refractivity contribution >= 4 is 21.9 Å². The van der Waals surface area contributed by atoms with Gasteiger partial charge in [-0.15, -0.1) is 0 Å². The molecule has 0 fully saturated rings. The van der Waals surface area contributed by atoms with Gasteiger partial charge in [0.1, 0.15) is 5.65 Å². The zero-order chi connectivity index (χ0) is 40.5. The highest BCUT2D eigenvalue weighted by molar-refractivity contribution is 6.14. The molecule has 0 spiro atoms. The van der Waals surface area contributed by atoms with Crippen LogP contribution in [-0.2, 0) is 0 Å². The maximum absolute atomic E-state index is 5.44. The van der Waals surface area contributed by atoms with E-state index in [1.54, 1.807) is 0 Å². The quantitative estimate of drug-likeness (QED) is 0.154. The predicted octanol–water partition coefficient (Wildman–Crippen LogP) is 15.2. The largest absolute Gasteiger partial charge is 0.294 e. The number of rotatable bonds is 8. The lowest BCUT2D eigenvalue weighted by Gasteiger charge is -2.14. The van der Waals surface area contributed by atoms with Crippen molar-refractivity contribution in [3.63, 3.8) is 0 Å². The molecule has 0 aliphatic carbocycles. The number of hydrogen-bond donors (Lipinski definition) is 0. The van der Waals surface area contributed by atoms with Crippen LogP contribution < -0.4 is 0 Å². The van der Waals surface area contributed by atoms with Crippen molar-refractivity contribution < 1.29 is 0 Å². The molecule has 61 heavy (non-hydrogen) atoms. The van der Waals surface area contributed by atoms with Gasteiger partial charge in [0.2, 0.25) is 0 Å². The highest BCUT2D eigenvalue weighted by Crippen LogP contribution is 2.40. The highest BCUT2D eigenvalue weighted by atomic mass is 15.1. The topological polar surface area (TPSA) is 30.7 Å². The van der Waals surface area contributed by atoms with Gasteiger partial charge in [-0.1, -0.05) is 182 Å². The second-order valence-electron chi connectivity index (χ2n) is 15.4. The predicted molar refractivity (Wildman–Crippen MR) is 254 cm³/mol. The van der Waals surface area contributed by atoms with Crippen LogP contribution in [0.4, 0.5) is 0 Å². The lowest BCUT2D eigenvalue weighted by atomic mass is 9.91. The minimum Gasteiger partial charge on any atom is -0.294 e. The SMILES string of the molecule is c1ccc(-c2cccc(-c3cc(-c4cccc(-c5ccccc5)c4)cc(-c4cccc(-c5nc(-c6ccccc6)c6c7ccccc7n(-c7ccccc7)c6n5)c4)c3)c2)cc1. The third-order valence-electron chi connectivity index (χ3n) is 11.6. The van der Waals surface area contributed by atoms with E-state index < -0.39 is 0 Å². The first-order chi connectivity index (χ1) is 30.2. The number of nitrogens with zero attached hydrogens (tertiary/aromatic N) is 3. The third kappa shape index (κ3) is 6.88. The van der Waals surface area contributed by atoms with Crippen molar-refractivity contribution in [3.05, 3.63) is 237 Å². The van der Waals surface area contributed by atoms with Crippen LogP contribution in [0.5, 0.6) is 0 Å². The Bertz CT molecular complexity index is 3230. The average molecular weight is 778 g/mol. The summed E-state index contributed by atoms with van der Waals surface area (Å²) in [5.74, 6) is 0.677. The fourth-order valence-corrected chi connectivity index (χ4v) is 8.61. The molecular formula is C58H39N3. The molecule has 0 bridgehead atoms. The number of benzene rings is 9. The molecule has 0 atom stereocenters. The summed E-state index contributed by atoms with van der Waals surface area (Å²) in [5, 5.41) is 2.16. The summed E-state index contributed by atoms with van der Waals surface area (Å²) in [6.07, 6.45) is 0. The summed E-state index contributed by atoms with van der Waals surface area (Å²) in [6.45, 7) is 0. The van der Waals surface area contributed by atoms with Gasteiger partial charge in [-0.2, -0.15) is 0 Å². The van der Waals surface area contributed by atoms with Crippen LogP contribution >= 0.6 is 0 Å². The Hall–Kier alpha value is -8.14. The van der Waals surface area contributed by atoms with Crippen LogP contribution in [0.1, 0.15) is 0 Å². The Kier molecular flexibility index (Phi) is 9.18. The summed E-state index contributed by atoms with van der Waals surface area (Å²) < 4.78 is 2.27. The first-order valence-electron chi connectivity index (χ1n) is 20.7. The molecule has 286 valence electrons.